The number of ether oxygens (including phenoxy) is 1. The van der Waals surface area contributed by atoms with Gasteiger partial charge in [-0.15, -0.1) is 0 Å². The van der Waals surface area contributed by atoms with Crippen LogP contribution in [0.4, 0.5) is 0 Å². The molecule has 0 amide bonds. The predicted molar refractivity (Wildman–Crippen MR) is 72.8 cm³/mol. The minimum absolute atomic E-state index is 0.144. The van der Waals surface area contributed by atoms with E-state index in [1.165, 1.54) is 12.1 Å². The van der Waals surface area contributed by atoms with Crippen molar-refractivity contribution >= 4 is 17.7 Å². The Morgan fingerprint density at radius 1 is 1.05 bits per heavy atom. The lowest BCUT2D eigenvalue weighted by molar-refractivity contribution is -0.136. The normalized spacial score (nSPS) is 10.9. The van der Waals surface area contributed by atoms with Gasteiger partial charge < -0.3 is 9.84 Å². The summed E-state index contributed by atoms with van der Waals surface area (Å²) in [6.45, 7) is 5.21. The Morgan fingerprint density at radius 3 is 2.10 bits per heavy atom. The van der Waals surface area contributed by atoms with E-state index < -0.39 is 17.5 Å². The van der Waals surface area contributed by atoms with Crippen LogP contribution < -0.4 is 0 Å². The summed E-state index contributed by atoms with van der Waals surface area (Å²) < 4.78 is 5.23. The zero-order valence-corrected chi connectivity index (χ0v) is 11.8. The number of aliphatic carboxylic acids is 1. The summed E-state index contributed by atoms with van der Waals surface area (Å²) in [6, 6.07) is 6.26. The van der Waals surface area contributed by atoms with Crippen molar-refractivity contribution in [3.63, 3.8) is 0 Å². The molecule has 5 nitrogen and oxygen atoms in total. The largest absolute Gasteiger partial charge is 0.481 e. The minimum Gasteiger partial charge on any atom is -0.481 e. The molecule has 0 aromatic heterocycles. The highest BCUT2D eigenvalue weighted by atomic mass is 16.6. The number of benzene rings is 1. The van der Waals surface area contributed by atoms with Crippen LogP contribution in [-0.2, 0) is 9.53 Å². The molecule has 0 aliphatic carbocycles. The molecule has 0 saturated heterocycles. The van der Waals surface area contributed by atoms with Crippen LogP contribution in [0.1, 0.15) is 54.3 Å². The monoisotopic (exact) mass is 278 g/mol. The van der Waals surface area contributed by atoms with Gasteiger partial charge in [-0.25, -0.2) is 4.79 Å². The van der Waals surface area contributed by atoms with Crippen LogP contribution in [0.25, 0.3) is 0 Å². The average molecular weight is 278 g/mol. The van der Waals surface area contributed by atoms with Crippen molar-refractivity contribution in [2.75, 3.05) is 0 Å². The van der Waals surface area contributed by atoms with Gasteiger partial charge >= 0.3 is 11.9 Å². The molecule has 0 saturated carbocycles. The number of ketones is 1. The Morgan fingerprint density at radius 2 is 1.60 bits per heavy atom. The standard InChI is InChI=1S/C15H18O5/c1-15(2,3)20-14(19)11-7-5-4-6-10(11)12(16)8-9-13(17)18/h4-7H,8-9H2,1-3H3,(H,17,18). The molecule has 0 aliphatic heterocycles. The van der Waals surface area contributed by atoms with Gasteiger partial charge in [0.05, 0.1) is 12.0 Å². The summed E-state index contributed by atoms with van der Waals surface area (Å²) in [5.41, 5.74) is -0.297. The van der Waals surface area contributed by atoms with Crippen molar-refractivity contribution in [3.8, 4) is 0 Å². The van der Waals surface area contributed by atoms with Crippen molar-refractivity contribution in [1.82, 2.24) is 0 Å². The second-order valence-corrected chi connectivity index (χ2v) is 5.36. The molecule has 0 heterocycles. The predicted octanol–water partition coefficient (Wildman–Crippen LogP) is 2.69. The van der Waals surface area contributed by atoms with Gasteiger partial charge in [0, 0.05) is 12.0 Å². The third-order valence-electron chi connectivity index (χ3n) is 2.41. The van der Waals surface area contributed by atoms with Gasteiger partial charge in [-0.3, -0.25) is 9.59 Å². The van der Waals surface area contributed by atoms with Crippen LogP contribution in [-0.4, -0.2) is 28.4 Å². The van der Waals surface area contributed by atoms with E-state index in [9.17, 15) is 14.4 Å². The number of carboxylic acid groups (broad SMARTS) is 1. The first-order valence-corrected chi connectivity index (χ1v) is 6.28. The lowest BCUT2D eigenvalue weighted by Crippen LogP contribution is -2.25. The van der Waals surface area contributed by atoms with Gasteiger partial charge in [0.1, 0.15) is 5.60 Å². The van der Waals surface area contributed by atoms with Gasteiger partial charge in [0.25, 0.3) is 0 Å². The first kappa shape index (κ1) is 15.9. The molecule has 0 unspecified atom stereocenters. The van der Waals surface area contributed by atoms with E-state index in [1.807, 2.05) is 0 Å². The van der Waals surface area contributed by atoms with Crippen molar-refractivity contribution in [3.05, 3.63) is 35.4 Å². The number of rotatable bonds is 5. The molecule has 1 aromatic rings. The quantitative estimate of drug-likeness (QED) is 0.661. The maximum absolute atomic E-state index is 12.0. The second kappa shape index (κ2) is 6.32. The van der Waals surface area contributed by atoms with Crippen molar-refractivity contribution in [1.29, 1.82) is 0 Å². The first-order valence-electron chi connectivity index (χ1n) is 6.28. The molecule has 0 bridgehead atoms. The summed E-state index contributed by atoms with van der Waals surface area (Å²) in [5, 5.41) is 8.60. The third kappa shape index (κ3) is 4.84. The Kier molecular flexibility index (Phi) is 5.02. The van der Waals surface area contributed by atoms with E-state index in [4.69, 9.17) is 9.84 Å². The summed E-state index contributed by atoms with van der Waals surface area (Å²) >= 11 is 0. The lowest BCUT2D eigenvalue weighted by Gasteiger charge is -2.20. The molecule has 108 valence electrons. The summed E-state index contributed by atoms with van der Waals surface area (Å²) in [7, 11) is 0. The van der Waals surface area contributed by atoms with Crippen LogP contribution in [0.3, 0.4) is 0 Å². The molecule has 5 heteroatoms. The van der Waals surface area contributed by atoms with E-state index in [0.717, 1.165) is 0 Å². The molecule has 0 radical (unpaired) electrons. The number of Topliss-reactive ketones (excluding diaryl/α,β-unsaturated/α-hetero) is 1. The lowest BCUT2D eigenvalue weighted by atomic mass is 10.0. The van der Waals surface area contributed by atoms with Crippen molar-refractivity contribution in [2.45, 2.75) is 39.2 Å². The topological polar surface area (TPSA) is 80.7 Å². The minimum atomic E-state index is -1.05. The van der Waals surface area contributed by atoms with Gasteiger partial charge in [0.15, 0.2) is 5.78 Å². The summed E-state index contributed by atoms with van der Waals surface area (Å²) in [6.07, 6.45) is -0.406. The molecule has 1 rings (SSSR count). The Balaban J connectivity index is 2.96. The molecule has 0 spiro atoms. The van der Waals surface area contributed by atoms with E-state index >= 15 is 0 Å². The first-order chi connectivity index (χ1) is 9.20. The second-order valence-electron chi connectivity index (χ2n) is 5.36. The molecule has 0 aliphatic rings. The van der Waals surface area contributed by atoms with Gasteiger partial charge in [-0.2, -0.15) is 0 Å². The number of hydrogen-bond donors (Lipinski definition) is 1. The fraction of sp³-hybridized carbons (Fsp3) is 0.400. The molecule has 1 aromatic carbocycles. The number of esters is 1. The molecule has 20 heavy (non-hydrogen) atoms. The van der Waals surface area contributed by atoms with E-state index in [0.29, 0.717) is 0 Å². The fourth-order valence-electron chi connectivity index (χ4n) is 1.59. The highest BCUT2D eigenvalue weighted by Crippen LogP contribution is 2.17. The number of carbonyl (C=O) groups is 3. The fourth-order valence-corrected chi connectivity index (χ4v) is 1.59. The molecule has 1 N–H and O–H groups in total. The highest BCUT2D eigenvalue weighted by Gasteiger charge is 2.22. The van der Waals surface area contributed by atoms with Crippen LogP contribution in [0.2, 0.25) is 0 Å². The maximum Gasteiger partial charge on any atom is 0.339 e. The molecule has 0 fully saturated rings. The smallest absolute Gasteiger partial charge is 0.339 e. The SMILES string of the molecule is CC(C)(C)OC(=O)c1ccccc1C(=O)CCC(=O)O. The Hall–Kier alpha value is -2.17. The highest BCUT2D eigenvalue weighted by molar-refractivity contribution is 6.06. The van der Waals surface area contributed by atoms with Crippen LogP contribution in [0, 0.1) is 0 Å². The Bertz CT molecular complexity index is 525. The average Bonchev–Trinajstić information content (AvgIpc) is 2.33. The molecular formula is C15H18O5. The molecule has 0 atom stereocenters. The Labute approximate surface area is 117 Å². The van der Waals surface area contributed by atoms with Crippen LogP contribution in [0.15, 0.2) is 24.3 Å². The van der Waals surface area contributed by atoms with Crippen LogP contribution in [0.5, 0.6) is 0 Å². The van der Waals surface area contributed by atoms with E-state index in [2.05, 4.69) is 0 Å². The van der Waals surface area contributed by atoms with Crippen molar-refractivity contribution < 1.29 is 24.2 Å². The van der Waals surface area contributed by atoms with Gasteiger partial charge in [-0.05, 0) is 26.8 Å². The zero-order valence-electron chi connectivity index (χ0n) is 11.8. The number of hydrogen-bond acceptors (Lipinski definition) is 4. The van der Waals surface area contributed by atoms with Gasteiger partial charge in [-0.1, -0.05) is 18.2 Å². The third-order valence-corrected chi connectivity index (χ3v) is 2.41. The summed E-state index contributed by atoms with van der Waals surface area (Å²) in [4.78, 5) is 34.5. The van der Waals surface area contributed by atoms with E-state index in [1.54, 1.807) is 32.9 Å². The van der Waals surface area contributed by atoms with Crippen molar-refractivity contribution in [2.24, 2.45) is 0 Å². The van der Waals surface area contributed by atoms with Crippen LogP contribution >= 0.6 is 0 Å². The molecular weight excluding hydrogens is 260 g/mol. The zero-order chi connectivity index (χ0) is 15.3. The summed E-state index contributed by atoms with van der Waals surface area (Å²) in [5.74, 6) is -2.02. The number of carboxylic acids is 1. The van der Waals surface area contributed by atoms with Gasteiger partial charge in [0.2, 0.25) is 0 Å². The van der Waals surface area contributed by atoms with E-state index in [-0.39, 0.29) is 29.8 Å². The number of carbonyl (C=O) groups excluding carboxylic acids is 2. The maximum atomic E-state index is 12.0.